The molecule has 0 spiro atoms. The first-order chi connectivity index (χ1) is 11.1. The van der Waals surface area contributed by atoms with Gasteiger partial charge in [0.2, 0.25) is 0 Å². The number of hydrogen-bond acceptors (Lipinski definition) is 2. The van der Waals surface area contributed by atoms with Crippen molar-refractivity contribution in [3.8, 4) is 17.6 Å². The molecule has 0 aliphatic rings. The molecule has 2 aromatic carbocycles. The van der Waals surface area contributed by atoms with Crippen LogP contribution in [0.4, 0.5) is 0 Å². The largest absolute Gasteiger partial charge is 0.496 e. The maximum absolute atomic E-state index is 11.8. The van der Waals surface area contributed by atoms with Crippen LogP contribution < -0.4 is 10.1 Å². The second-order valence-corrected chi connectivity index (χ2v) is 5.44. The van der Waals surface area contributed by atoms with E-state index in [1.165, 1.54) is 0 Å². The first-order valence-corrected chi connectivity index (χ1v) is 7.58. The summed E-state index contributed by atoms with van der Waals surface area (Å²) < 4.78 is 5.29. The Kier molecular flexibility index (Phi) is 5.82. The zero-order chi connectivity index (χ0) is 16.7. The second kappa shape index (κ2) is 8.05. The lowest BCUT2D eigenvalue weighted by atomic mass is 10.1. The molecule has 0 aromatic heterocycles. The van der Waals surface area contributed by atoms with Crippen LogP contribution >= 0.6 is 0 Å². The smallest absolute Gasteiger partial charge is 0.296 e. The third-order valence-electron chi connectivity index (χ3n) is 3.41. The fraction of sp³-hybridized carbons (Fsp3) is 0.250. The molecule has 2 rings (SSSR count). The molecule has 0 fully saturated rings. The zero-order valence-corrected chi connectivity index (χ0v) is 13.8. The van der Waals surface area contributed by atoms with Gasteiger partial charge in [0.05, 0.1) is 7.11 Å². The van der Waals surface area contributed by atoms with Crippen molar-refractivity contribution in [3.05, 3.63) is 64.7 Å². The first kappa shape index (κ1) is 16.6. The topological polar surface area (TPSA) is 38.3 Å². The van der Waals surface area contributed by atoms with E-state index < -0.39 is 0 Å². The Morgan fingerprint density at radius 3 is 2.52 bits per heavy atom. The molecule has 0 saturated carbocycles. The van der Waals surface area contributed by atoms with E-state index in [0.717, 1.165) is 28.0 Å². The number of ether oxygens (including phenoxy) is 1. The highest BCUT2D eigenvalue weighted by Gasteiger charge is 2.02. The maximum atomic E-state index is 11.8. The Balaban J connectivity index is 1.90. The van der Waals surface area contributed by atoms with E-state index in [1.807, 2.05) is 50.2 Å². The molecule has 0 radical (unpaired) electrons. The summed E-state index contributed by atoms with van der Waals surface area (Å²) >= 11 is 0. The Labute approximate surface area is 137 Å². The number of para-hydroxylation sites is 1. The van der Waals surface area contributed by atoms with Crippen molar-refractivity contribution < 1.29 is 9.53 Å². The normalized spacial score (nSPS) is 9.70. The summed E-state index contributed by atoms with van der Waals surface area (Å²) in [5, 5.41) is 2.81. The molecule has 0 bridgehead atoms. The monoisotopic (exact) mass is 307 g/mol. The Morgan fingerprint density at radius 2 is 1.83 bits per heavy atom. The molecule has 1 N–H and O–H groups in total. The van der Waals surface area contributed by atoms with Crippen LogP contribution in [0.5, 0.6) is 5.75 Å². The van der Waals surface area contributed by atoms with Gasteiger partial charge in [0.15, 0.2) is 0 Å². The van der Waals surface area contributed by atoms with Crippen LogP contribution in [0.1, 0.15) is 22.3 Å². The minimum atomic E-state index is -0.265. The number of aryl methyl sites for hydroxylation is 2. The Hall–Kier alpha value is -2.73. The molecule has 1 amide bonds. The van der Waals surface area contributed by atoms with Crippen molar-refractivity contribution in [2.24, 2.45) is 0 Å². The molecule has 0 aliphatic heterocycles. The summed E-state index contributed by atoms with van der Waals surface area (Å²) in [6.45, 7) is 4.57. The highest BCUT2D eigenvalue weighted by atomic mass is 16.5. The van der Waals surface area contributed by atoms with Crippen LogP contribution in [0.2, 0.25) is 0 Å². The number of methoxy groups -OCH3 is 1. The number of nitrogens with one attached hydrogen (secondary N) is 1. The van der Waals surface area contributed by atoms with Crippen molar-refractivity contribution in [2.75, 3.05) is 13.7 Å². The summed E-state index contributed by atoms with van der Waals surface area (Å²) in [5.74, 6) is 6.12. The standard InChI is InChI=1S/C20H21NO2/c1-15-12-16(2)14-17(13-15)8-9-20(22)21-11-10-18-6-4-5-7-19(18)23-3/h4-7,12-14H,10-11H2,1-3H3,(H,21,22). The van der Waals surface area contributed by atoms with Crippen molar-refractivity contribution in [2.45, 2.75) is 20.3 Å². The van der Waals surface area contributed by atoms with Gasteiger partial charge in [0, 0.05) is 18.0 Å². The summed E-state index contributed by atoms with van der Waals surface area (Å²) in [7, 11) is 1.65. The predicted molar refractivity (Wildman–Crippen MR) is 92.5 cm³/mol. The third kappa shape index (κ3) is 5.19. The second-order valence-electron chi connectivity index (χ2n) is 5.44. The van der Waals surface area contributed by atoms with Gasteiger partial charge in [-0.2, -0.15) is 0 Å². The lowest BCUT2D eigenvalue weighted by Gasteiger charge is -2.07. The molecular weight excluding hydrogens is 286 g/mol. The fourth-order valence-electron chi connectivity index (χ4n) is 2.44. The van der Waals surface area contributed by atoms with Gasteiger partial charge in [-0.05, 0) is 55.2 Å². The molecule has 2 aromatic rings. The summed E-state index contributed by atoms with van der Waals surface area (Å²) in [6, 6.07) is 13.8. The molecule has 0 heterocycles. The quantitative estimate of drug-likeness (QED) is 0.882. The number of rotatable bonds is 4. The summed E-state index contributed by atoms with van der Waals surface area (Å²) in [4.78, 5) is 11.8. The SMILES string of the molecule is COc1ccccc1CCNC(=O)C#Cc1cc(C)cc(C)c1. The molecule has 0 atom stereocenters. The molecule has 0 unspecified atom stereocenters. The van der Waals surface area contributed by atoms with Gasteiger partial charge >= 0.3 is 0 Å². The highest BCUT2D eigenvalue weighted by Crippen LogP contribution is 2.17. The van der Waals surface area contributed by atoms with Gasteiger partial charge in [-0.1, -0.05) is 30.2 Å². The number of hydrogen-bond donors (Lipinski definition) is 1. The maximum Gasteiger partial charge on any atom is 0.296 e. The molecular formula is C20H21NO2. The predicted octanol–water partition coefficient (Wildman–Crippen LogP) is 3.02. The van der Waals surface area contributed by atoms with Gasteiger partial charge in [-0.15, -0.1) is 0 Å². The van der Waals surface area contributed by atoms with Gasteiger partial charge in [-0.3, -0.25) is 4.79 Å². The molecule has 118 valence electrons. The molecule has 3 heteroatoms. The minimum Gasteiger partial charge on any atom is -0.496 e. The third-order valence-corrected chi connectivity index (χ3v) is 3.41. The van der Waals surface area contributed by atoms with Crippen molar-refractivity contribution in [1.29, 1.82) is 0 Å². The van der Waals surface area contributed by atoms with Crippen LogP contribution in [0.15, 0.2) is 42.5 Å². The lowest BCUT2D eigenvalue weighted by molar-refractivity contribution is -0.115. The minimum absolute atomic E-state index is 0.265. The first-order valence-electron chi connectivity index (χ1n) is 7.58. The van der Waals surface area contributed by atoms with Crippen molar-refractivity contribution in [1.82, 2.24) is 5.32 Å². The van der Waals surface area contributed by atoms with Gasteiger partial charge in [0.25, 0.3) is 5.91 Å². The van der Waals surface area contributed by atoms with Crippen LogP contribution in [0.3, 0.4) is 0 Å². The fourth-order valence-corrected chi connectivity index (χ4v) is 2.44. The van der Waals surface area contributed by atoms with Crippen molar-refractivity contribution >= 4 is 5.91 Å². The van der Waals surface area contributed by atoms with Crippen LogP contribution in [0, 0.1) is 25.7 Å². The van der Waals surface area contributed by atoms with Gasteiger partial charge in [0.1, 0.15) is 5.75 Å². The number of carbonyl (C=O) groups excluding carboxylic acids is 1. The van der Waals surface area contributed by atoms with E-state index in [1.54, 1.807) is 7.11 Å². The van der Waals surface area contributed by atoms with E-state index in [9.17, 15) is 4.79 Å². The average Bonchev–Trinajstić information content (AvgIpc) is 2.52. The highest BCUT2D eigenvalue weighted by molar-refractivity contribution is 5.94. The lowest BCUT2D eigenvalue weighted by Crippen LogP contribution is -2.24. The number of amides is 1. The van der Waals surface area contributed by atoms with Gasteiger partial charge < -0.3 is 10.1 Å². The van der Waals surface area contributed by atoms with E-state index in [-0.39, 0.29) is 5.91 Å². The molecule has 23 heavy (non-hydrogen) atoms. The Morgan fingerprint density at radius 1 is 1.13 bits per heavy atom. The summed E-state index contributed by atoms with van der Waals surface area (Å²) in [6.07, 6.45) is 0.709. The molecule has 0 saturated heterocycles. The number of carbonyl (C=O) groups is 1. The van der Waals surface area contributed by atoms with E-state index in [0.29, 0.717) is 13.0 Å². The molecule has 0 aliphatic carbocycles. The Bertz CT molecular complexity index is 733. The number of benzene rings is 2. The summed E-state index contributed by atoms with van der Waals surface area (Å²) in [5.41, 5.74) is 4.22. The van der Waals surface area contributed by atoms with Crippen LogP contribution in [-0.2, 0) is 11.2 Å². The average molecular weight is 307 g/mol. The van der Waals surface area contributed by atoms with E-state index in [2.05, 4.69) is 23.2 Å². The van der Waals surface area contributed by atoms with Gasteiger partial charge in [-0.25, -0.2) is 0 Å². The zero-order valence-electron chi connectivity index (χ0n) is 13.8. The van der Waals surface area contributed by atoms with Crippen LogP contribution in [-0.4, -0.2) is 19.6 Å². The van der Waals surface area contributed by atoms with Crippen LogP contribution in [0.25, 0.3) is 0 Å². The van der Waals surface area contributed by atoms with Crippen molar-refractivity contribution in [3.63, 3.8) is 0 Å². The molecule has 3 nitrogen and oxygen atoms in total. The van der Waals surface area contributed by atoms with E-state index >= 15 is 0 Å². The van der Waals surface area contributed by atoms with E-state index in [4.69, 9.17) is 4.74 Å².